The fourth-order valence-electron chi connectivity index (χ4n) is 2.68. The summed E-state index contributed by atoms with van der Waals surface area (Å²) in [6.45, 7) is 0. The Bertz CT molecular complexity index is 1020. The number of carboxylic acid groups (broad SMARTS) is 1. The van der Waals surface area contributed by atoms with Gasteiger partial charge >= 0.3 is 5.97 Å². The molecule has 24 heavy (non-hydrogen) atoms. The molecule has 0 radical (unpaired) electrons. The first-order valence-electron chi connectivity index (χ1n) is 7.47. The summed E-state index contributed by atoms with van der Waals surface area (Å²) in [6, 6.07) is 21.0. The van der Waals surface area contributed by atoms with Crippen LogP contribution in [0.5, 0.6) is 0 Å². The van der Waals surface area contributed by atoms with Crippen molar-refractivity contribution in [1.82, 2.24) is 14.8 Å². The number of hydrogen-bond donors (Lipinski definition) is 1. The number of hydrogen-bond acceptors (Lipinski definition) is 3. The molecule has 5 nitrogen and oxygen atoms in total. The Morgan fingerprint density at radius 1 is 0.958 bits per heavy atom. The molecule has 0 spiro atoms. The van der Waals surface area contributed by atoms with E-state index in [2.05, 4.69) is 4.98 Å². The van der Waals surface area contributed by atoms with Crippen LogP contribution in [0.15, 0.2) is 72.9 Å². The number of fused-ring (bicyclic) bond motifs is 1. The summed E-state index contributed by atoms with van der Waals surface area (Å²) in [4.78, 5) is 15.6. The molecule has 0 amide bonds. The minimum atomic E-state index is -1.00. The van der Waals surface area contributed by atoms with Crippen molar-refractivity contribution < 1.29 is 9.90 Å². The number of carboxylic acids is 1. The van der Waals surface area contributed by atoms with Crippen molar-refractivity contribution in [1.29, 1.82) is 0 Å². The molecule has 2 aromatic carbocycles. The van der Waals surface area contributed by atoms with E-state index in [0.717, 1.165) is 11.3 Å². The van der Waals surface area contributed by atoms with E-state index in [1.54, 1.807) is 10.7 Å². The van der Waals surface area contributed by atoms with E-state index in [0.29, 0.717) is 16.7 Å². The number of carbonyl (C=O) groups is 1. The molecule has 0 aliphatic carbocycles. The molecule has 0 fully saturated rings. The summed E-state index contributed by atoms with van der Waals surface area (Å²) < 4.78 is 1.74. The van der Waals surface area contributed by atoms with E-state index in [1.807, 2.05) is 60.7 Å². The van der Waals surface area contributed by atoms with Gasteiger partial charge in [-0.1, -0.05) is 48.5 Å². The van der Waals surface area contributed by atoms with Crippen LogP contribution in [0.4, 0.5) is 0 Å². The Hall–Kier alpha value is -3.47. The molecule has 1 N–H and O–H groups in total. The standard InChI is InChI=1S/C19H13N3O2/c23-19(24)14-11-16-17(13-7-3-1-4-8-13)21-22(18(16)20-12-14)15-9-5-2-6-10-15/h1-12H,(H,23,24). The van der Waals surface area contributed by atoms with Crippen LogP contribution in [-0.2, 0) is 0 Å². The summed E-state index contributed by atoms with van der Waals surface area (Å²) in [5, 5.41) is 14.7. The first-order chi connectivity index (χ1) is 11.7. The summed E-state index contributed by atoms with van der Waals surface area (Å²) in [7, 11) is 0. The highest BCUT2D eigenvalue weighted by atomic mass is 16.4. The van der Waals surface area contributed by atoms with E-state index in [1.165, 1.54) is 6.20 Å². The molecule has 116 valence electrons. The quantitative estimate of drug-likeness (QED) is 0.624. The first-order valence-corrected chi connectivity index (χ1v) is 7.47. The van der Waals surface area contributed by atoms with Crippen molar-refractivity contribution in [2.45, 2.75) is 0 Å². The van der Waals surface area contributed by atoms with E-state index >= 15 is 0 Å². The lowest BCUT2D eigenvalue weighted by Crippen LogP contribution is -1.99. The van der Waals surface area contributed by atoms with Crippen LogP contribution in [0, 0.1) is 0 Å². The topological polar surface area (TPSA) is 68.0 Å². The molecule has 0 saturated heterocycles. The van der Waals surface area contributed by atoms with Crippen LogP contribution < -0.4 is 0 Å². The first kappa shape index (κ1) is 14.1. The number of aromatic nitrogens is 3. The molecule has 0 saturated carbocycles. The van der Waals surface area contributed by atoms with Crippen molar-refractivity contribution in [3.05, 3.63) is 78.5 Å². The third-order valence-corrected chi connectivity index (χ3v) is 3.82. The molecular weight excluding hydrogens is 302 g/mol. The van der Waals surface area contributed by atoms with Gasteiger partial charge in [-0.15, -0.1) is 0 Å². The summed E-state index contributed by atoms with van der Waals surface area (Å²) in [5.41, 5.74) is 3.28. The largest absolute Gasteiger partial charge is 0.478 e. The lowest BCUT2D eigenvalue weighted by atomic mass is 10.1. The molecule has 0 unspecified atom stereocenters. The Labute approximate surface area is 137 Å². The van der Waals surface area contributed by atoms with Crippen LogP contribution in [0.3, 0.4) is 0 Å². The molecule has 4 aromatic rings. The van der Waals surface area contributed by atoms with Crippen molar-refractivity contribution in [3.63, 3.8) is 0 Å². The molecule has 5 heteroatoms. The predicted molar refractivity (Wildman–Crippen MR) is 91.3 cm³/mol. The normalized spacial score (nSPS) is 10.8. The molecule has 2 heterocycles. The molecule has 4 rings (SSSR count). The van der Waals surface area contributed by atoms with Crippen LogP contribution in [0.1, 0.15) is 10.4 Å². The number of para-hydroxylation sites is 1. The van der Waals surface area contributed by atoms with Gasteiger partial charge in [0.15, 0.2) is 5.65 Å². The fourth-order valence-corrected chi connectivity index (χ4v) is 2.68. The fraction of sp³-hybridized carbons (Fsp3) is 0. The van der Waals surface area contributed by atoms with Gasteiger partial charge in [0.1, 0.15) is 5.69 Å². The van der Waals surface area contributed by atoms with Gasteiger partial charge in [0, 0.05) is 17.1 Å². The summed E-state index contributed by atoms with van der Waals surface area (Å²) >= 11 is 0. The summed E-state index contributed by atoms with van der Waals surface area (Å²) in [6.07, 6.45) is 1.36. The van der Waals surface area contributed by atoms with Gasteiger partial charge in [-0.3, -0.25) is 0 Å². The Morgan fingerprint density at radius 2 is 1.62 bits per heavy atom. The highest BCUT2D eigenvalue weighted by Crippen LogP contribution is 2.29. The number of benzene rings is 2. The van der Waals surface area contributed by atoms with Gasteiger partial charge in [0.25, 0.3) is 0 Å². The molecule has 0 atom stereocenters. The molecular formula is C19H13N3O2. The average molecular weight is 315 g/mol. The summed E-state index contributed by atoms with van der Waals surface area (Å²) in [5.74, 6) is -1.00. The average Bonchev–Trinajstić information content (AvgIpc) is 3.02. The van der Waals surface area contributed by atoms with Crippen LogP contribution in [-0.4, -0.2) is 25.8 Å². The van der Waals surface area contributed by atoms with E-state index in [9.17, 15) is 9.90 Å². The Morgan fingerprint density at radius 3 is 2.29 bits per heavy atom. The lowest BCUT2D eigenvalue weighted by Gasteiger charge is -2.01. The third kappa shape index (κ3) is 2.32. The maximum Gasteiger partial charge on any atom is 0.337 e. The molecule has 2 aromatic heterocycles. The predicted octanol–water partition coefficient (Wildman–Crippen LogP) is 3.79. The van der Waals surface area contributed by atoms with Crippen molar-refractivity contribution in [2.75, 3.05) is 0 Å². The van der Waals surface area contributed by atoms with Gasteiger partial charge in [0.05, 0.1) is 11.3 Å². The number of pyridine rings is 1. The third-order valence-electron chi connectivity index (χ3n) is 3.82. The van der Waals surface area contributed by atoms with Gasteiger partial charge in [-0.05, 0) is 18.2 Å². The maximum atomic E-state index is 11.3. The maximum absolute atomic E-state index is 11.3. The zero-order valence-corrected chi connectivity index (χ0v) is 12.6. The Balaban J connectivity index is 2.04. The van der Waals surface area contributed by atoms with Gasteiger partial charge in [-0.2, -0.15) is 5.10 Å². The second-order valence-electron chi connectivity index (χ2n) is 5.36. The second kappa shape index (κ2) is 5.62. The lowest BCUT2D eigenvalue weighted by molar-refractivity contribution is 0.0696. The minimum Gasteiger partial charge on any atom is -0.478 e. The smallest absolute Gasteiger partial charge is 0.337 e. The molecule has 0 aliphatic heterocycles. The minimum absolute atomic E-state index is 0.146. The molecule has 0 aliphatic rings. The second-order valence-corrected chi connectivity index (χ2v) is 5.36. The zero-order chi connectivity index (χ0) is 16.5. The monoisotopic (exact) mass is 315 g/mol. The van der Waals surface area contributed by atoms with Crippen LogP contribution in [0.25, 0.3) is 28.0 Å². The van der Waals surface area contributed by atoms with Gasteiger partial charge < -0.3 is 5.11 Å². The van der Waals surface area contributed by atoms with Crippen LogP contribution >= 0.6 is 0 Å². The zero-order valence-electron chi connectivity index (χ0n) is 12.6. The number of aromatic carboxylic acids is 1. The highest BCUT2D eigenvalue weighted by Gasteiger charge is 2.16. The van der Waals surface area contributed by atoms with Crippen molar-refractivity contribution in [3.8, 4) is 16.9 Å². The number of rotatable bonds is 3. The van der Waals surface area contributed by atoms with Gasteiger partial charge in [0.2, 0.25) is 0 Å². The van der Waals surface area contributed by atoms with Gasteiger partial charge in [-0.25, -0.2) is 14.5 Å². The van der Waals surface area contributed by atoms with E-state index in [4.69, 9.17) is 5.10 Å². The Kier molecular flexibility index (Phi) is 3.31. The highest BCUT2D eigenvalue weighted by molar-refractivity contribution is 5.97. The van der Waals surface area contributed by atoms with E-state index < -0.39 is 5.97 Å². The SMILES string of the molecule is O=C(O)c1cnc2c(c1)c(-c1ccccc1)nn2-c1ccccc1. The van der Waals surface area contributed by atoms with Crippen molar-refractivity contribution in [2.24, 2.45) is 0 Å². The molecule has 0 bridgehead atoms. The van der Waals surface area contributed by atoms with Crippen molar-refractivity contribution >= 4 is 17.0 Å². The van der Waals surface area contributed by atoms with E-state index in [-0.39, 0.29) is 5.56 Å². The number of nitrogens with zero attached hydrogens (tertiary/aromatic N) is 3. The van der Waals surface area contributed by atoms with Crippen LogP contribution in [0.2, 0.25) is 0 Å².